The zero-order valence-corrected chi connectivity index (χ0v) is 13.7. The van der Waals surface area contributed by atoms with Gasteiger partial charge in [0.2, 0.25) is 5.95 Å². The molecule has 1 aromatic heterocycles. The van der Waals surface area contributed by atoms with Gasteiger partial charge in [0.25, 0.3) is 0 Å². The van der Waals surface area contributed by atoms with Gasteiger partial charge in [0.05, 0.1) is 18.9 Å². The molecule has 2 aliphatic heterocycles. The van der Waals surface area contributed by atoms with Crippen LogP contribution in [0.1, 0.15) is 17.7 Å². The summed E-state index contributed by atoms with van der Waals surface area (Å²) in [6.07, 6.45) is 0.657. The molecule has 25 heavy (non-hydrogen) atoms. The quantitative estimate of drug-likeness (QED) is 0.683. The molecule has 132 valence electrons. The second-order valence-corrected chi connectivity index (χ2v) is 5.80. The molecule has 3 N–H and O–H groups in total. The van der Waals surface area contributed by atoms with Gasteiger partial charge in [-0.3, -0.25) is 0 Å². The fraction of sp³-hybridized carbons (Fsp3) is 0.412. The van der Waals surface area contributed by atoms with Crippen LogP contribution in [-0.4, -0.2) is 41.4 Å². The van der Waals surface area contributed by atoms with E-state index in [1.54, 1.807) is 0 Å². The Morgan fingerprint density at radius 2 is 1.96 bits per heavy atom. The minimum absolute atomic E-state index is 0.138. The van der Waals surface area contributed by atoms with Crippen molar-refractivity contribution in [3.63, 3.8) is 0 Å². The monoisotopic (exact) mass is 344 g/mol. The van der Waals surface area contributed by atoms with Gasteiger partial charge in [-0.1, -0.05) is 0 Å². The van der Waals surface area contributed by atoms with Crippen molar-refractivity contribution in [1.82, 2.24) is 9.97 Å². The average molecular weight is 344 g/mol. The number of fused-ring (bicyclic) bond motifs is 2. The first-order valence-corrected chi connectivity index (χ1v) is 8.32. The van der Waals surface area contributed by atoms with Gasteiger partial charge < -0.3 is 30.0 Å². The van der Waals surface area contributed by atoms with Gasteiger partial charge in [-0.15, -0.1) is 0 Å². The van der Waals surface area contributed by atoms with E-state index in [1.165, 1.54) is 0 Å². The van der Waals surface area contributed by atoms with Gasteiger partial charge in [-0.2, -0.15) is 4.98 Å². The van der Waals surface area contributed by atoms with E-state index < -0.39 is 0 Å². The summed E-state index contributed by atoms with van der Waals surface area (Å²) in [5.74, 6) is 2.69. The Balaban J connectivity index is 1.56. The Labute approximate surface area is 145 Å². The fourth-order valence-electron chi connectivity index (χ4n) is 2.79. The number of ether oxygens (including phenoxy) is 3. The largest absolute Gasteiger partial charge is 0.486 e. The molecule has 0 saturated heterocycles. The minimum Gasteiger partial charge on any atom is -0.486 e. The van der Waals surface area contributed by atoms with Crippen molar-refractivity contribution < 1.29 is 19.3 Å². The van der Waals surface area contributed by atoms with Crippen LogP contribution < -0.4 is 20.1 Å². The predicted octanol–water partition coefficient (Wildman–Crippen LogP) is 1.82. The number of anilines is 3. The second kappa shape index (κ2) is 7.12. The average Bonchev–Trinajstić information content (AvgIpc) is 3.10. The molecular weight excluding hydrogens is 324 g/mol. The molecule has 0 saturated carbocycles. The van der Waals surface area contributed by atoms with E-state index in [-0.39, 0.29) is 6.61 Å². The molecule has 0 fully saturated rings. The van der Waals surface area contributed by atoms with Crippen LogP contribution >= 0.6 is 0 Å². The molecule has 0 aliphatic carbocycles. The molecule has 8 heteroatoms. The van der Waals surface area contributed by atoms with E-state index in [0.717, 1.165) is 28.5 Å². The topological polar surface area (TPSA) is 97.8 Å². The number of aliphatic hydroxyl groups excluding tert-OH is 1. The molecule has 0 amide bonds. The van der Waals surface area contributed by atoms with E-state index >= 15 is 0 Å². The number of rotatable bonds is 6. The number of hydrogen-bond donors (Lipinski definition) is 3. The first kappa shape index (κ1) is 15.9. The zero-order valence-electron chi connectivity index (χ0n) is 13.7. The van der Waals surface area contributed by atoms with E-state index in [1.807, 2.05) is 18.2 Å². The molecule has 0 spiro atoms. The first-order chi connectivity index (χ1) is 12.3. The predicted molar refractivity (Wildman–Crippen MR) is 91.4 cm³/mol. The maximum absolute atomic E-state index is 8.95. The fourth-order valence-corrected chi connectivity index (χ4v) is 2.79. The molecule has 3 heterocycles. The van der Waals surface area contributed by atoms with Gasteiger partial charge in [0, 0.05) is 30.5 Å². The number of nitrogens with one attached hydrogen (secondary N) is 2. The molecule has 4 rings (SSSR count). The molecule has 0 unspecified atom stereocenters. The highest BCUT2D eigenvalue weighted by Crippen LogP contribution is 2.34. The SMILES string of the molecule is OCCCNc1nc(Nc2ccc3c(c2)OCCO3)nc2c1COC2. The Hall–Kier alpha value is -2.58. The molecule has 2 aromatic rings. The van der Waals surface area contributed by atoms with Gasteiger partial charge in [-0.25, -0.2) is 4.98 Å². The van der Waals surface area contributed by atoms with Gasteiger partial charge in [0.1, 0.15) is 19.0 Å². The van der Waals surface area contributed by atoms with Crippen molar-refractivity contribution in [3.05, 3.63) is 29.5 Å². The highest BCUT2D eigenvalue weighted by atomic mass is 16.6. The third-order valence-electron chi connectivity index (χ3n) is 4.00. The molecular formula is C17H20N4O4. The summed E-state index contributed by atoms with van der Waals surface area (Å²) in [6.45, 7) is 2.87. The summed E-state index contributed by atoms with van der Waals surface area (Å²) in [7, 11) is 0. The summed E-state index contributed by atoms with van der Waals surface area (Å²) < 4.78 is 16.6. The van der Waals surface area contributed by atoms with E-state index in [0.29, 0.717) is 51.1 Å². The van der Waals surface area contributed by atoms with Crippen molar-refractivity contribution in [2.75, 3.05) is 37.0 Å². The highest BCUT2D eigenvalue weighted by molar-refractivity contribution is 5.62. The van der Waals surface area contributed by atoms with E-state index in [2.05, 4.69) is 20.6 Å². The lowest BCUT2D eigenvalue weighted by molar-refractivity contribution is 0.133. The van der Waals surface area contributed by atoms with Gasteiger partial charge in [-0.05, 0) is 18.6 Å². The number of aromatic nitrogens is 2. The van der Waals surface area contributed by atoms with Crippen molar-refractivity contribution in [3.8, 4) is 11.5 Å². The van der Waals surface area contributed by atoms with Crippen LogP contribution in [-0.2, 0) is 18.0 Å². The maximum atomic E-state index is 8.95. The lowest BCUT2D eigenvalue weighted by Gasteiger charge is -2.19. The molecule has 2 aliphatic rings. The van der Waals surface area contributed by atoms with Crippen LogP contribution in [0.3, 0.4) is 0 Å². The number of nitrogens with zero attached hydrogens (tertiary/aromatic N) is 2. The van der Waals surface area contributed by atoms with Crippen molar-refractivity contribution in [1.29, 1.82) is 0 Å². The normalized spacial score (nSPS) is 14.9. The third kappa shape index (κ3) is 3.45. The van der Waals surface area contributed by atoms with Gasteiger partial charge in [0.15, 0.2) is 11.5 Å². The third-order valence-corrected chi connectivity index (χ3v) is 4.00. The smallest absolute Gasteiger partial charge is 0.229 e. The van der Waals surface area contributed by atoms with Crippen LogP contribution in [0.25, 0.3) is 0 Å². The Kier molecular flexibility index (Phi) is 4.53. The second-order valence-electron chi connectivity index (χ2n) is 5.80. The van der Waals surface area contributed by atoms with Crippen LogP contribution in [0, 0.1) is 0 Å². The van der Waals surface area contributed by atoms with Crippen LogP contribution in [0.15, 0.2) is 18.2 Å². The lowest BCUT2D eigenvalue weighted by atomic mass is 10.2. The minimum atomic E-state index is 0.138. The van der Waals surface area contributed by atoms with Crippen LogP contribution in [0.4, 0.5) is 17.5 Å². The number of benzene rings is 1. The van der Waals surface area contributed by atoms with E-state index in [4.69, 9.17) is 19.3 Å². The summed E-state index contributed by atoms with van der Waals surface area (Å²) in [6, 6.07) is 5.65. The summed E-state index contributed by atoms with van der Waals surface area (Å²) in [5.41, 5.74) is 2.68. The van der Waals surface area contributed by atoms with Crippen molar-refractivity contribution in [2.45, 2.75) is 19.6 Å². The Morgan fingerprint density at radius 3 is 2.84 bits per heavy atom. The standard InChI is InChI=1S/C17H20N4O4/c22-5-1-4-18-16-12-9-23-10-13(12)20-17(21-16)19-11-2-3-14-15(8-11)25-7-6-24-14/h2-3,8,22H,1,4-7,9-10H2,(H2,18,19,20,21). The van der Waals surface area contributed by atoms with E-state index in [9.17, 15) is 0 Å². The molecule has 0 atom stereocenters. The number of aliphatic hydroxyl groups is 1. The zero-order chi connectivity index (χ0) is 17.1. The summed E-state index contributed by atoms with van der Waals surface area (Å²) in [4.78, 5) is 9.10. The molecule has 0 bridgehead atoms. The maximum Gasteiger partial charge on any atom is 0.229 e. The summed E-state index contributed by atoms with van der Waals surface area (Å²) in [5, 5.41) is 15.4. The molecule has 8 nitrogen and oxygen atoms in total. The lowest BCUT2D eigenvalue weighted by Crippen LogP contribution is -2.15. The van der Waals surface area contributed by atoms with Crippen LogP contribution in [0.5, 0.6) is 11.5 Å². The first-order valence-electron chi connectivity index (χ1n) is 8.32. The van der Waals surface area contributed by atoms with Crippen molar-refractivity contribution in [2.24, 2.45) is 0 Å². The van der Waals surface area contributed by atoms with Crippen LogP contribution in [0.2, 0.25) is 0 Å². The van der Waals surface area contributed by atoms with Gasteiger partial charge >= 0.3 is 0 Å². The Bertz CT molecular complexity index is 769. The molecule has 1 aromatic carbocycles. The number of hydrogen-bond acceptors (Lipinski definition) is 8. The Morgan fingerprint density at radius 1 is 1.08 bits per heavy atom. The van der Waals surface area contributed by atoms with Crippen molar-refractivity contribution >= 4 is 17.5 Å². The summed E-state index contributed by atoms with van der Waals surface area (Å²) >= 11 is 0. The highest BCUT2D eigenvalue weighted by Gasteiger charge is 2.20. The molecule has 0 radical (unpaired) electrons.